The second kappa shape index (κ2) is 2.56. The van der Waals surface area contributed by atoms with E-state index in [1.165, 1.54) is 0 Å². The summed E-state index contributed by atoms with van der Waals surface area (Å²) in [6.45, 7) is 12.0. The highest BCUT2D eigenvalue weighted by Gasteiger charge is 2.38. The van der Waals surface area contributed by atoms with E-state index in [2.05, 4.69) is 34.6 Å². The maximum absolute atomic E-state index is 2.40. The fraction of sp³-hybridized carbons (Fsp3) is 1.00. The van der Waals surface area contributed by atoms with Gasteiger partial charge < -0.3 is 0 Å². The van der Waals surface area contributed by atoms with Crippen LogP contribution < -0.4 is 0 Å². The Bertz CT molecular complexity index is 77.2. The summed E-state index contributed by atoms with van der Waals surface area (Å²) in [6, 6.07) is 0. The van der Waals surface area contributed by atoms with Gasteiger partial charge in [0.05, 0.1) is 0 Å². The van der Waals surface area contributed by atoms with Crippen LogP contribution in [0.25, 0.3) is 0 Å². The molecule has 1 aliphatic carbocycles. The topological polar surface area (TPSA) is 0 Å². The minimum absolute atomic E-state index is 0. The van der Waals surface area contributed by atoms with E-state index in [9.17, 15) is 0 Å². The fourth-order valence-corrected chi connectivity index (χ4v) is 2.39. The van der Waals surface area contributed by atoms with E-state index in [0.717, 1.165) is 29.6 Å². The quantitative estimate of drug-likeness (QED) is 0.486. The molecule has 1 fully saturated rings. The molecule has 0 amide bonds. The van der Waals surface area contributed by atoms with Crippen LogP contribution in [-0.4, -0.2) is 0 Å². The monoisotopic (exact) mass is 142 g/mol. The maximum Gasteiger partial charge on any atom is 0 e. The van der Waals surface area contributed by atoms with Gasteiger partial charge in [0.25, 0.3) is 0 Å². The first-order valence-corrected chi connectivity index (χ1v) is 4.55. The van der Waals surface area contributed by atoms with Gasteiger partial charge in [-0.1, -0.05) is 34.6 Å². The standard InChI is InChI=1S/C10H20.H2/c1-6-7(2)9(4)10(5)8(6)3;/h6-10H,1-5H3;1H. The Morgan fingerprint density at radius 3 is 0.700 bits per heavy atom. The Labute approximate surface area is 66.5 Å². The van der Waals surface area contributed by atoms with Crippen molar-refractivity contribution in [3.63, 3.8) is 0 Å². The summed E-state index contributed by atoms with van der Waals surface area (Å²) in [5.74, 6) is 4.68. The summed E-state index contributed by atoms with van der Waals surface area (Å²) in [4.78, 5) is 0. The molecule has 0 spiro atoms. The highest BCUT2D eigenvalue weighted by molar-refractivity contribution is 4.86. The Balaban J connectivity index is 0.000001000. The molecule has 1 rings (SSSR count). The van der Waals surface area contributed by atoms with Crippen molar-refractivity contribution in [3.8, 4) is 0 Å². The van der Waals surface area contributed by atoms with E-state index in [-0.39, 0.29) is 1.43 Å². The maximum atomic E-state index is 2.40. The first kappa shape index (κ1) is 8.10. The van der Waals surface area contributed by atoms with Crippen molar-refractivity contribution in [2.24, 2.45) is 29.6 Å². The van der Waals surface area contributed by atoms with Gasteiger partial charge >= 0.3 is 0 Å². The molecule has 0 nitrogen and oxygen atoms in total. The smallest absolute Gasteiger partial charge is 0 e. The van der Waals surface area contributed by atoms with Crippen molar-refractivity contribution in [3.05, 3.63) is 0 Å². The number of hydrogen-bond donors (Lipinski definition) is 0. The zero-order valence-electron chi connectivity index (χ0n) is 7.89. The average Bonchev–Trinajstić information content (AvgIpc) is 2.07. The Morgan fingerprint density at radius 2 is 0.600 bits per heavy atom. The molecule has 0 aromatic heterocycles. The van der Waals surface area contributed by atoms with Crippen LogP contribution in [0.15, 0.2) is 0 Å². The largest absolute Gasteiger partial charge is 0.0620 e. The molecule has 0 heterocycles. The summed E-state index contributed by atoms with van der Waals surface area (Å²) in [5.41, 5.74) is 0. The first-order valence-electron chi connectivity index (χ1n) is 4.55. The summed E-state index contributed by atoms with van der Waals surface area (Å²) in [5, 5.41) is 0. The average molecular weight is 142 g/mol. The zero-order chi connectivity index (χ0) is 7.89. The molecule has 1 aliphatic rings. The van der Waals surface area contributed by atoms with Crippen LogP contribution in [0.1, 0.15) is 36.0 Å². The van der Waals surface area contributed by atoms with Gasteiger partial charge in [0.1, 0.15) is 0 Å². The highest BCUT2D eigenvalue weighted by atomic mass is 14.4. The molecule has 0 bridgehead atoms. The van der Waals surface area contributed by atoms with Crippen LogP contribution in [0.2, 0.25) is 0 Å². The normalized spacial score (nSPS) is 55.5. The molecule has 0 radical (unpaired) electrons. The van der Waals surface area contributed by atoms with Crippen LogP contribution in [0.5, 0.6) is 0 Å². The van der Waals surface area contributed by atoms with Crippen molar-refractivity contribution < 1.29 is 1.43 Å². The van der Waals surface area contributed by atoms with Crippen molar-refractivity contribution >= 4 is 0 Å². The van der Waals surface area contributed by atoms with Crippen molar-refractivity contribution in [2.75, 3.05) is 0 Å². The molecular formula is C10H22. The van der Waals surface area contributed by atoms with E-state index in [0.29, 0.717) is 0 Å². The SMILES string of the molecule is CC1C(C)C(C)C(C)C1C.[HH]. The molecule has 0 aromatic carbocycles. The molecule has 0 atom stereocenters. The lowest BCUT2D eigenvalue weighted by Gasteiger charge is -2.14. The summed E-state index contributed by atoms with van der Waals surface area (Å²) >= 11 is 0. The molecular weight excluding hydrogens is 120 g/mol. The third kappa shape index (κ3) is 0.980. The molecule has 0 aromatic rings. The molecule has 0 saturated heterocycles. The van der Waals surface area contributed by atoms with Gasteiger partial charge in [0, 0.05) is 1.43 Å². The van der Waals surface area contributed by atoms with Gasteiger partial charge in [-0.25, -0.2) is 0 Å². The van der Waals surface area contributed by atoms with E-state index < -0.39 is 0 Å². The second-order valence-electron chi connectivity index (χ2n) is 4.30. The van der Waals surface area contributed by atoms with Crippen LogP contribution in [0.3, 0.4) is 0 Å². The van der Waals surface area contributed by atoms with Gasteiger partial charge in [-0.2, -0.15) is 0 Å². The van der Waals surface area contributed by atoms with Crippen LogP contribution in [-0.2, 0) is 0 Å². The third-order valence-electron chi connectivity index (χ3n) is 4.15. The molecule has 1 saturated carbocycles. The second-order valence-corrected chi connectivity index (χ2v) is 4.30. The Hall–Kier alpha value is 0. The lowest BCUT2D eigenvalue weighted by molar-refractivity contribution is 0.352. The Morgan fingerprint density at radius 1 is 0.500 bits per heavy atom. The van der Waals surface area contributed by atoms with E-state index in [1.54, 1.807) is 0 Å². The van der Waals surface area contributed by atoms with E-state index in [4.69, 9.17) is 0 Å². The van der Waals surface area contributed by atoms with Crippen LogP contribution in [0, 0.1) is 29.6 Å². The van der Waals surface area contributed by atoms with Gasteiger partial charge in [0.2, 0.25) is 0 Å². The van der Waals surface area contributed by atoms with E-state index >= 15 is 0 Å². The summed E-state index contributed by atoms with van der Waals surface area (Å²) < 4.78 is 0. The molecule has 62 valence electrons. The number of rotatable bonds is 0. The lowest BCUT2D eigenvalue weighted by atomic mass is 9.92. The predicted molar refractivity (Wildman–Crippen MR) is 47.9 cm³/mol. The van der Waals surface area contributed by atoms with Crippen LogP contribution >= 0.6 is 0 Å². The molecule has 0 N–H and O–H groups in total. The number of hydrogen-bond acceptors (Lipinski definition) is 0. The lowest BCUT2D eigenvalue weighted by Crippen LogP contribution is -2.07. The van der Waals surface area contributed by atoms with E-state index in [1.807, 2.05) is 0 Å². The highest BCUT2D eigenvalue weighted by Crippen LogP contribution is 2.44. The van der Waals surface area contributed by atoms with Crippen LogP contribution in [0.4, 0.5) is 0 Å². The van der Waals surface area contributed by atoms with Gasteiger partial charge in [0.15, 0.2) is 0 Å². The molecule has 0 unspecified atom stereocenters. The first-order chi connectivity index (χ1) is 4.55. The Kier molecular flexibility index (Phi) is 2.07. The molecule has 0 aliphatic heterocycles. The zero-order valence-corrected chi connectivity index (χ0v) is 7.89. The minimum Gasteiger partial charge on any atom is -0.0620 e. The van der Waals surface area contributed by atoms with Gasteiger partial charge in [-0.05, 0) is 29.6 Å². The minimum atomic E-state index is 0. The van der Waals surface area contributed by atoms with Gasteiger partial charge in [-0.3, -0.25) is 0 Å². The molecule has 10 heavy (non-hydrogen) atoms. The third-order valence-corrected chi connectivity index (χ3v) is 4.15. The van der Waals surface area contributed by atoms with Crippen molar-refractivity contribution in [1.29, 1.82) is 0 Å². The van der Waals surface area contributed by atoms with Crippen molar-refractivity contribution in [1.82, 2.24) is 0 Å². The van der Waals surface area contributed by atoms with Crippen molar-refractivity contribution in [2.45, 2.75) is 34.6 Å². The van der Waals surface area contributed by atoms with Gasteiger partial charge in [-0.15, -0.1) is 0 Å². The fourth-order valence-electron chi connectivity index (χ4n) is 2.39. The summed E-state index contributed by atoms with van der Waals surface area (Å²) in [7, 11) is 0. The predicted octanol–water partition coefficient (Wildman–Crippen LogP) is 3.43. The summed E-state index contributed by atoms with van der Waals surface area (Å²) in [6.07, 6.45) is 0. The molecule has 0 heteroatoms.